The number of nitrogens with zero attached hydrogens (tertiary/aromatic N) is 3. The maximum Gasteiger partial charge on any atom is 0.0946 e. The molecule has 0 spiro atoms. The molecule has 0 saturated heterocycles. The van der Waals surface area contributed by atoms with Gasteiger partial charge in [0.15, 0.2) is 0 Å². The molecule has 0 atom stereocenters. The molecule has 1 N–H and O–H groups in total. The van der Waals surface area contributed by atoms with Crippen molar-refractivity contribution in [2.75, 3.05) is 7.05 Å². The number of aryl methyl sites for hydroxylation is 2. The summed E-state index contributed by atoms with van der Waals surface area (Å²) in [5, 5.41) is 4.57. The highest BCUT2D eigenvalue weighted by atomic mass is 15.1. The van der Waals surface area contributed by atoms with Gasteiger partial charge in [0.1, 0.15) is 0 Å². The van der Waals surface area contributed by atoms with Crippen LogP contribution in [-0.2, 0) is 19.6 Å². The third kappa shape index (κ3) is 2.39. The first kappa shape index (κ1) is 12.0. The minimum atomic E-state index is 0.901. The van der Waals surface area contributed by atoms with Gasteiger partial charge in [-0.05, 0) is 18.7 Å². The molecule has 0 aliphatic rings. The van der Waals surface area contributed by atoms with Gasteiger partial charge in [-0.25, -0.2) is 4.98 Å². The van der Waals surface area contributed by atoms with E-state index in [1.54, 1.807) is 0 Å². The van der Waals surface area contributed by atoms with Gasteiger partial charge in [-0.3, -0.25) is 0 Å². The standard InChI is InChI=1S/C15H18N4/c1-16-10-13-11-19(9-8-18-7-6-17-12-18)15-5-3-2-4-14(13)15/h2-7,11-12,16H,8-10H2,1H3. The van der Waals surface area contributed by atoms with Gasteiger partial charge in [0.25, 0.3) is 0 Å². The Balaban J connectivity index is 1.90. The number of hydrogen-bond acceptors (Lipinski definition) is 2. The topological polar surface area (TPSA) is 34.8 Å². The number of hydrogen-bond donors (Lipinski definition) is 1. The van der Waals surface area contributed by atoms with Crippen LogP contribution in [0.3, 0.4) is 0 Å². The smallest absolute Gasteiger partial charge is 0.0946 e. The molecule has 3 aromatic rings. The number of para-hydroxylation sites is 1. The highest BCUT2D eigenvalue weighted by Crippen LogP contribution is 2.21. The number of aromatic nitrogens is 3. The van der Waals surface area contributed by atoms with E-state index >= 15 is 0 Å². The fourth-order valence-corrected chi connectivity index (χ4v) is 2.48. The van der Waals surface area contributed by atoms with Crippen molar-refractivity contribution in [2.45, 2.75) is 19.6 Å². The molecule has 0 bridgehead atoms. The second-order valence-corrected chi connectivity index (χ2v) is 4.70. The molecule has 4 nitrogen and oxygen atoms in total. The summed E-state index contributed by atoms with van der Waals surface area (Å²) in [5.41, 5.74) is 2.65. The number of fused-ring (bicyclic) bond motifs is 1. The second kappa shape index (κ2) is 5.28. The maximum atomic E-state index is 4.08. The van der Waals surface area contributed by atoms with Crippen molar-refractivity contribution in [1.82, 2.24) is 19.4 Å². The molecule has 2 heterocycles. The Morgan fingerprint density at radius 1 is 1.21 bits per heavy atom. The van der Waals surface area contributed by atoms with E-state index in [0.717, 1.165) is 19.6 Å². The SMILES string of the molecule is CNCc1cn(CCn2ccnc2)c2ccccc12. The maximum absolute atomic E-state index is 4.08. The highest BCUT2D eigenvalue weighted by molar-refractivity contribution is 5.83. The van der Waals surface area contributed by atoms with E-state index in [2.05, 4.69) is 49.9 Å². The molecule has 0 radical (unpaired) electrons. The first-order chi connectivity index (χ1) is 9.38. The summed E-state index contributed by atoms with van der Waals surface area (Å²) < 4.78 is 4.43. The third-order valence-corrected chi connectivity index (χ3v) is 3.40. The van der Waals surface area contributed by atoms with Gasteiger partial charge in [-0.2, -0.15) is 0 Å². The molecule has 0 unspecified atom stereocenters. The lowest BCUT2D eigenvalue weighted by Gasteiger charge is -2.05. The van der Waals surface area contributed by atoms with Crippen LogP contribution in [0.2, 0.25) is 0 Å². The first-order valence-electron chi connectivity index (χ1n) is 6.55. The highest BCUT2D eigenvalue weighted by Gasteiger charge is 2.06. The lowest BCUT2D eigenvalue weighted by molar-refractivity contribution is 0.590. The zero-order chi connectivity index (χ0) is 13.1. The van der Waals surface area contributed by atoms with Crippen molar-refractivity contribution in [1.29, 1.82) is 0 Å². The number of benzene rings is 1. The molecule has 19 heavy (non-hydrogen) atoms. The summed E-state index contributed by atoms with van der Waals surface area (Å²) in [6.07, 6.45) is 7.93. The van der Waals surface area contributed by atoms with Gasteiger partial charge >= 0.3 is 0 Å². The van der Waals surface area contributed by atoms with Crippen LogP contribution < -0.4 is 5.32 Å². The fraction of sp³-hybridized carbons (Fsp3) is 0.267. The number of nitrogens with one attached hydrogen (secondary N) is 1. The molecule has 0 aliphatic heterocycles. The van der Waals surface area contributed by atoms with Crippen molar-refractivity contribution in [3.05, 3.63) is 54.7 Å². The van der Waals surface area contributed by atoms with E-state index in [9.17, 15) is 0 Å². The van der Waals surface area contributed by atoms with E-state index in [1.807, 2.05) is 25.8 Å². The van der Waals surface area contributed by atoms with Crippen LogP contribution in [0.25, 0.3) is 10.9 Å². The average Bonchev–Trinajstić information content (AvgIpc) is 3.06. The zero-order valence-electron chi connectivity index (χ0n) is 11.1. The molecule has 0 saturated carbocycles. The lowest BCUT2D eigenvalue weighted by Crippen LogP contribution is -2.06. The molecule has 4 heteroatoms. The van der Waals surface area contributed by atoms with Gasteiger partial charge < -0.3 is 14.5 Å². The summed E-state index contributed by atoms with van der Waals surface area (Å²) in [5.74, 6) is 0. The Bertz CT molecular complexity index is 652. The van der Waals surface area contributed by atoms with Gasteiger partial charge in [0.05, 0.1) is 6.33 Å². The lowest BCUT2D eigenvalue weighted by atomic mass is 10.2. The molecule has 0 amide bonds. The predicted molar refractivity (Wildman–Crippen MR) is 76.9 cm³/mol. The fourth-order valence-electron chi connectivity index (χ4n) is 2.48. The first-order valence-corrected chi connectivity index (χ1v) is 6.55. The monoisotopic (exact) mass is 254 g/mol. The predicted octanol–water partition coefficient (Wildman–Crippen LogP) is 2.26. The van der Waals surface area contributed by atoms with Gasteiger partial charge in [-0.1, -0.05) is 18.2 Å². The summed E-state index contributed by atoms with van der Waals surface area (Å²) >= 11 is 0. The Labute approximate surface area is 112 Å². The minimum absolute atomic E-state index is 0.901. The van der Waals surface area contributed by atoms with Crippen LogP contribution in [-0.4, -0.2) is 21.2 Å². The van der Waals surface area contributed by atoms with Crippen LogP contribution in [0.15, 0.2) is 49.2 Å². The van der Waals surface area contributed by atoms with Crippen LogP contribution in [0.4, 0.5) is 0 Å². The van der Waals surface area contributed by atoms with Crippen LogP contribution in [0, 0.1) is 0 Å². The molecular formula is C15H18N4. The van der Waals surface area contributed by atoms with Crippen molar-refractivity contribution in [3.8, 4) is 0 Å². The molecule has 3 rings (SSSR count). The van der Waals surface area contributed by atoms with Crippen LogP contribution >= 0.6 is 0 Å². The molecule has 2 aromatic heterocycles. The minimum Gasteiger partial charge on any atom is -0.345 e. The van der Waals surface area contributed by atoms with E-state index in [4.69, 9.17) is 0 Å². The second-order valence-electron chi connectivity index (χ2n) is 4.70. The number of rotatable bonds is 5. The van der Waals surface area contributed by atoms with Gasteiger partial charge in [-0.15, -0.1) is 0 Å². The summed E-state index contributed by atoms with van der Waals surface area (Å²) in [4.78, 5) is 4.08. The van der Waals surface area contributed by atoms with Gasteiger partial charge in [0, 0.05) is 49.1 Å². The van der Waals surface area contributed by atoms with E-state index in [1.165, 1.54) is 16.5 Å². The molecule has 0 aliphatic carbocycles. The van der Waals surface area contributed by atoms with E-state index in [-0.39, 0.29) is 0 Å². The molecular weight excluding hydrogens is 236 g/mol. The van der Waals surface area contributed by atoms with Crippen molar-refractivity contribution in [2.24, 2.45) is 0 Å². The third-order valence-electron chi connectivity index (χ3n) is 3.40. The van der Waals surface area contributed by atoms with Crippen LogP contribution in [0.1, 0.15) is 5.56 Å². The Kier molecular flexibility index (Phi) is 3.33. The molecule has 98 valence electrons. The molecule has 1 aromatic carbocycles. The Morgan fingerprint density at radius 2 is 2.11 bits per heavy atom. The van der Waals surface area contributed by atoms with Crippen molar-refractivity contribution < 1.29 is 0 Å². The van der Waals surface area contributed by atoms with Crippen LogP contribution in [0.5, 0.6) is 0 Å². The van der Waals surface area contributed by atoms with E-state index < -0.39 is 0 Å². The summed E-state index contributed by atoms with van der Waals surface area (Å²) in [6, 6.07) is 8.57. The molecule has 0 fully saturated rings. The average molecular weight is 254 g/mol. The number of imidazole rings is 1. The quantitative estimate of drug-likeness (QED) is 0.758. The van der Waals surface area contributed by atoms with E-state index in [0.29, 0.717) is 0 Å². The largest absolute Gasteiger partial charge is 0.345 e. The Hall–Kier alpha value is -2.07. The zero-order valence-corrected chi connectivity index (χ0v) is 11.1. The van der Waals surface area contributed by atoms with Crippen molar-refractivity contribution in [3.63, 3.8) is 0 Å². The van der Waals surface area contributed by atoms with Crippen molar-refractivity contribution >= 4 is 10.9 Å². The summed E-state index contributed by atoms with van der Waals surface area (Å²) in [7, 11) is 1.98. The van der Waals surface area contributed by atoms with Gasteiger partial charge in [0.2, 0.25) is 0 Å². The Morgan fingerprint density at radius 3 is 2.89 bits per heavy atom. The normalized spacial score (nSPS) is 11.2. The summed E-state index contributed by atoms with van der Waals surface area (Å²) in [6.45, 7) is 2.80.